The van der Waals surface area contributed by atoms with E-state index in [1.807, 2.05) is 42.1 Å². The topological polar surface area (TPSA) is 52.7 Å². The van der Waals surface area contributed by atoms with Crippen molar-refractivity contribution in [3.63, 3.8) is 0 Å². The summed E-state index contributed by atoms with van der Waals surface area (Å²) < 4.78 is 0. The number of likely N-dealkylation sites (tertiary alicyclic amines) is 1. The van der Waals surface area contributed by atoms with Gasteiger partial charge in [-0.05, 0) is 50.3 Å². The minimum Gasteiger partial charge on any atom is -0.377 e. The number of nitrogens with one attached hydrogen (secondary N) is 1. The number of benzene rings is 1. The number of unbranched alkanes of at least 4 members (excludes halogenated alkanes) is 1. The van der Waals surface area contributed by atoms with E-state index in [9.17, 15) is 9.59 Å². The number of hydrogen-bond donors (Lipinski definition) is 1. The second kappa shape index (κ2) is 10.3. The summed E-state index contributed by atoms with van der Waals surface area (Å²) in [6, 6.07) is 5.67. The molecule has 2 rings (SSSR count). The maximum absolute atomic E-state index is 13.1. The first kappa shape index (κ1) is 21.3. The number of rotatable bonds is 8. The molecule has 1 heterocycles. The fraction of sp³-hybridized carbons (Fsp3) is 0.636. The van der Waals surface area contributed by atoms with Crippen LogP contribution in [0, 0.1) is 5.92 Å². The Balaban J connectivity index is 2.20. The quantitative estimate of drug-likeness (QED) is 0.728. The lowest BCUT2D eigenvalue weighted by molar-refractivity contribution is -0.120. The molecule has 0 radical (unpaired) electrons. The molecule has 0 bridgehead atoms. The molecule has 0 saturated carbocycles. The summed E-state index contributed by atoms with van der Waals surface area (Å²) in [6.45, 7) is 5.83. The van der Waals surface area contributed by atoms with E-state index >= 15 is 0 Å². The third kappa shape index (κ3) is 5.72. The van der Waals surface area contributed by atoms with Gasteiger partial charge in [0.2, 0.25) is 5.91 Å². The van der Waals surface area contributed by atoms with E-state index in [-0.39, 0.29) is 17.7 Å². The smallest absolute Gasteiger partial charge is 0.256 e. The van der Waals surface area contributed by atoms with E-state index in [1.54, 1.807) is 0 Å². The predicted molar refractivity (Wildman–Crippen MR) is 112 cm³/mol. The average molecular weight is 374 g/mol. The van der Waals surface area contributed by atoms with Crippen LogP contribution in [0.25, 0.3) is 0 Å². The zero-order valence-electron chi connectivity index (χ0n) is 17.4. The largest absolute Gasteiger partial charge is 0.377 e. The minimum atomic E-state index is 0.0275. The number of piperidine rings is 1. The van der Waals surface area contributed by atoms with Crippen LogP contribution >= 0.6 is 0 Å². The third-order valence-corrected chi connectivity index (χ3v) is 5.39. The van der Waals surface area contributed by atoms with Crippen LogP contribution < -0.4 is 10.2 Å². The first-order valence-corrected chi connectivity index (χ1v) is 10.4. The molecule has 1 aromatic rings. The first-order chi connectivity index (χ1) is 13.0. The summed E-state index contributed by atoms with van der Waals surface area (Å²) in [5.41, 5.74) is 2.27. The van der Waals surface area contributed by atoms with Gasteiger partial charge in [-0.15, -0.1) is 0 Å². The van der Waals surface area contributed by atoms with E-state index < -0.39 is 0 Å². The monoisotopic (exact) mass is 373 g/mol. The normalized spacial score (nSPS) is 15.3. The molecule has 1 aliphatic heterocycles. The summed E-state index contributed by atoms with van der Waals surface area (Å²) in [6.07, 6.45) is 7.22. The van der Waals surface area contributed by atoms with Crippen molar-refractivity contribution in [1.82, 2.24) is 4.90 Å². The van der Waals surface area contributed by atoms with Crippen molar-refractivity contribution >= 4 is 23.2 Å². The van der Waals surface area contributed by atoms with Crippen LogP contribution in [0.4, 0.5) is 11.4 Å². The number of carbonyl (C=O) groups excluding carboxylic acids is 2. The van der Waals surface area contributed by atoms with Crippen molar-refractivity contribution in [2.24, 2.45) is 5.92 Å². The molecule has 1 atom stereocenters. The van der Waals surface area contributed by atoms with Gasteiger partial charge in [0.1, 0.15) is 0 Å². The zero-order chi connectivity index (χ0) is 19.8. The summed E-state index contributed by atoms with van der Waals surface area (Å²) in [4.78, 5) is 29.6. The zero-order valence-corrected chi connectivity index (χ0v) is 17.4. The van der Waals surface area contributed by atoms with Crippen molar-refractivity contribution < 1.29 is 9.59 Å². The fourth-order valence-electron chi connectivity index (χ4n) is 3.66. The Morgan fingerprint density at radius 1 is 1.15 bits per heavy atom. The molecular formula is C22H35N3O2. The lowest BCUT2D eigenvalue weighted by atomic mass is 9.98. The van der Waals surface area contributed by atoms with Crippen molar-refractivity contribution in [3.8, 4) is 0 Å². The number of carbonyl (C=O) groups is 2. The highest BCUT2D eigenvalue weighted by atomic mass is 16.2. The van der Waals surface area contributed by atoms with E-state index in [0.29, 0.717) is 11.3 Å². The van der Waals surface area contributed by atoms with Gasteiger partial charge in [0, 0.05) is 44.5 Å². The Bertz CT molecular complexity index is 636. The van der Waals surface area contributed by atoms with Gasteiger partial charge < -0.3 is 15.1 Å². The van der Waals surface area contributed by atoms with Crippen molar-refractivity contribution in [2.45, 2.75) is 58.8 Å². The second-order valence-electron chi connectivity index (χ2n) is 7.72. The number of anilines is 2. The SMILES string of the molecule is CCCC[C@@H](CC)C(=O)Nc1ccc(N(C)C)c(C(=O)N2CCCCC2)c1. The van der Waals surface area contributed by atoms with E-state index in [1.165, 1.54) is 6.42 Å². The van der Waals surface area contributed by atoms with Crippen LogP contribution in [0.1, 0.15) is 69.2 Å². The van der Waals surface area contributed by atoms with Crippen molar-refractivity contribution in [1.29, 1.82) is 0 Å². The summed E-state index contributed by atoms with van der Waals surface area (Å²) in [7, 11) is 3.89. The lowest BCUT2D eigenvalue weighted by Crippen LogP contribution is -2.36. The molecule has 5 heteroatoms. The molecule has 1 saturated heterocycles. The molecular weight excluding hydrogens is 338 g/mol. The van der Waals surface area contributed by atoms with Crippen LogP contribution in [-0.4, -0.2) is 43.9 Å². The number of hydrogen-bond acceptors (Lipinski definition) is 3. The highest BCUT2D eigenvalue weighted by Gasteiger charge is 2.23. The van der Waals surface area contributed by atoms with Gasteiger partial charge in [0.05, 0.1) is 5.56 Å². The van der Waals surface area contributed by atoms with Gasteiger partial charge in [-0.1, -0.05) is 26.7 Å². The Hall–Kier alpha value is -2.04. The summed E-state index contributed by atoms with van der Waals surface area (Å²) in [5.74, 6) is 0.146. The van der Waals surface area contributed by atoms with Gasteiger partial charge >= 0.3 is 0 Å². The summed E-state index contributed by atoms with van der Waals surface area (Å²) >= 11 is 0. The number of nitrogens with zero attached hydrogens (tertiary/aromatic N) is 2. The highest BCUT2D eigenvalue weighted by molar-refractivity contribution is 6.02. The van der Waals surface area contributed by atoms with Crippen LogP contribution in [0.15, 0.2) is 18.2 Å². The van der Waals surface area contributed by atoms with Crippen molar-refractivity contribution in [3.05, 3.63) is 23.8 Å². The third-order valence-electron chi connectivity index (χ3n) is 5.39. The molecule has 1 fully saturated rings. The summed E-state index contributed by atoms with van der Waals surface area (Å²) in [5, 5.41) is 3.04. The molecule has 0 aliphatic carbocycles. The first-order valence-electron chi connectivity index (χ1n) is 10.4. The van der Waals surface area contributed by atoms with Crippen LogP contribution in [-0.2, 0) is 4.79 Å². The standard InChI is InChI=1S/C22H35N3O2/c1-5-7-11-17(6-2)21(26)23-18-12-13-20(24(3)4)19(16-18)22(27)25-14-9-8-10-15-25/h12-13,16-17H,5-11,14-15H2,1-4H3,(H,23,26)/t17-/m1/s1. The van der Waals surface area contributed by atoms with Gasteiger partial charge in [-0.25, -0.2) is 0 Å². The molecule has 2 amide bonds. The maximum atomic E-state index is 13.1. The Morgan fingerprint density at radius 3 is 2.44 bits per heavy atom. The number of amides is 2. The van der Waals surface area contributed by atoms with Gasteiger partial charge in [-0.2, -0.15) is 0 Å². The lowest BCUT2D eigenvalue weighted by Gasteiger charge is -2.29. The second-order valence-corrected chi connectivity index (χ2v) is 7.72. The van der Waals surface area contributed by atoms with Crippen molar-refractivity contribution in [2.75, 3.05) is 37.4 Å². The molecule has 0 aromatic heterocycles. The van der Waals surface area contributed by atoms with E-state index in [0.717, 1.165) is 57.3 Å². The molecule has 1 N–H and O–H groups in total. The van der Waals surface area contributed by atoms with Crippen LogP contribution in [0.5, 0.6) is 0 Å². The van der Waals surface area contributed by atoms with Gasteiger partial charge in [-0.3, -0.25) is 9.59 Å². The minimum absolute atomic E-state index is 0.0275. The molecule has 27 heavy (non-hydrogen) atoms. The molecule has 0 unspecified atom stereocenters. The van der Waals surface area contributed by atoms with Crippen LogP contribution in [0.2, 0.25) is 0 Å². The van der Waals surface area contributed by atoms with Gasteiger partial charge in [0.15, 0.2) is 0 Å². The predicted octanol–water partition coefficient (Wildman–Crippen LogP) is 4.53. The van der Waals surface area contributed by atoms with E-state index in [4.69, 9.17) is 0 Å². The molecule has 150 valence electrons. The Labute approximate surface area is 164 Å². The highest BCUT2D eigenvalue weighted by Crippen LogP contribution is 2.26. The maximum Gasteiger partial charge on any atom is 0.256 e. The molecule has 0 spiro atoms. The Kier molecular flexibility index (Phi) is 8.14. The molecule has 1 aliphatic rings. The molecule has 5 nitrogen and oxygen atoms in total. The fourth-order valence-corrected chi connectivity index (χ4v) is 3.66. The Morgan fingerprint density at radius 2 is 1.85 bits per heavy atom. The van der Waals surface area contributed by atoms with E-state index in [2.05, 4.69) is 19.2 Å². The van der Waals surface area contributed by atoms with Gasteiger partial charge in [0.25, 0.3) is 5.91 Å². The average Bonchev–Trinajstić information content (AvgIpc) is 2.68. The molecule has 1 aromatic carbocycles. The van der Waals surface area contributed by atoms with Crippen LogP contribution in [0.3, 0.4) is 0 Å².